The maximum atomic E-state index is 12.4. The molecule has 1 N–H and O–H groups in total. The molecule has 1 saturated heterocycles. The van der Waals surface area contributed by atoms with Gasteiger partial charge >= 0.3 is 0 Å². The minimum Gasteiger partial charge on any atom is -0.494 e. The number of ether oxygens (including phenoxy) is 1. The fraction of sp³-hybridized carbons (Fsp3) is 0.321. The number of piperidine rings is 1. The number of carbonyl (C=O) groups is 1. The van der Waals surface area contributed by atoms with Gasteiger partial charge in [-0.05, 0) is 77.2 Å². The van der Waals surface area contributed by atoms with Gasteiger partial charge in [0.25, 0.3) is 11.5 Å². The van der Waals surface area contributed by atoms with Crippen molar-refractivity contribution in [2.45, 2.75) is 32.4 Å². The fourth-order valence-electron chi connectivity index (χ4n) is 5.34. The highest BCUT2D eigenvalue weighted by atomic mass is 79.9. The van der Waals surface area contributed by atoms with Crippen molar-refractivity contribution in [3.05, 3.63) is 97.9 Å². The van der Waals surface area contributed by atoms with Crippen LogP contribution in [0.3, 0.4) is 0 Å². The summed E-state index contributed by atoms with van der Waals surface area (Å²) in [7, 11) is 0. The third kappa shape index (κ3) is 5.29. The smallest absolute Gasteiger partial charge is 0.272 e. The molecule has 2 aliphatic heterocycles. The quantitative estimate of drug-likeness (QED) is 0.351. The molecule has 36 heavy (non-hydrogen) atoms. The summed E-state index contributed by atoms with van der Waals surface area (Å²) < 4.78 is 8.60. The molecule has 1 amide bonds. The molecule has 2 aliphatic rings. The summed E-state index contributed by atoms with van der Waals surface area (Å²) in [5.41, 5.74) is 6.35. The average molecular weight is 549 g/mol. The largest absolute Gasteiger partial charge is 0.494 e. The monoisotopic (exact) mass is 548 g/mol. The standard InChI is InChI=1S/C28H29BrN4O3/c1-2-36-26-11-10-19(14-30-31-28(35)23-6-3-4-7-24(23)29)12-22(26)18-32-15-20-13-21(17-32)25-8-5-9-27(34)33(25)16-20/h3-12,14,20-21H,2,13,15-18H2,1H3,(H,31,35)/b30-14-/t20-,21+/m1/s1. The van der Waals surface area contributed by atoms with E-state index in [0.29, 0.717) is 24.0 Å². The SMILES string of the molecule is CCOc1ccc(/C=N\NC(=O)c2ccccc2Br)cc1CN1C[C@H]2C[C@@H](C1)c1cccc(=O)n1C2. The molecule has 1 fully saturated rings. The van der Waals surface area contributed by atoms with Crippen molar-refractivity contribution >= 4 is 28.1 Å². The second kappa shape index (κ2) is 10.8. The fourth-order valence-corrected chi connectivity index (χ4v) is 5.80. The number of fused-ring (bicyclic) bond motifs is 4. The highest BCUT2D eigenvalue weighted by Crippen LogP contribution is 2.36. The summed E-state index contributed by atoms with van der Waals surface area (Å²) >= 11 is 3.40. The first-order valence-electron chi connectivity index (χ1n) is 12.3. The van der Waals surface area contributed by atoms with Gasteiger partial charge < -0.3 is 9.30 Å². The van der Waals surface area contributed by atoms with Gasteiger partial charge in [-0.25, -0.2) is 5.43 Å². The van der Waals surface area contributed by atoms with Crippen LogP contribution < -0.4 is 15.7 Å². The number of nitrogens with one attached hydrogen (secondary N) is 1. The number of aromatic nitrogens is 1. The van der Waals surface area contributed by atoms with Crippen molar-refractivity contribution < 1.29 is 9.53 Å². The molecule has 1 aromatic heterocycles. The van der Waals surface area contributed by atoms with Crippen LogP contribution in [0.2, 0.25) is 0 Å². The van der Waals surface area contributed by atoms with E-state index in [0.717, 1.165) is 59.6 Å². The van der Waals surface area contributed by atoms with Crippen LogP contribution in [-0.2, 0) is 13.1 Å². The Hall–Kier alpha value is -3.23. The Morgan fingerprint density at radius 2 is 2.00 bits per heavy atom. The molecule has 3 heterocycles. The number of hydrazone groups is 1. The summed E-state index contributed by atoms with van der Waals surface area (Å²) in [6.07, 6.45) is 2.78. The predicted molar refractivity (Wildman–Crippen MR) is 144 cm³/mol. The van der Waals surface area contributed by atoms with E-state index >= 15 is 0 Å². The van der Waals surface area contributed by atoms with E-state index in [4.69, 9.17) is 4.74 Å². The van der Waals surface area contributed by atoms with Crippen molar-refractivity contribution in [3.63, 3.8) is 0 Å². The van der Waals surface area contributed by atoms with E-state index in [1.165, 1.54) is 0 Å². The summed E-state index contributed by atoms with van der Waals surface area (Å²) in [6, 6.07) is 18.8. The lowest BCUT2D eigenvalue weighted by atomic mass is 9.83. The number of pyridine rings is 1. The lowest BCUT2D eigenvalue weighted by Gasteiger charge is -2.43. The van der Waals surface area contributed by atoms with Crippen LogP contribution in [0.15, 0.2) is 75.0 Å². The molecule has 186 valence electrons. The number of halogens is 1. The van der Waals surface area contributed by atoms with Crippen molar-refractivity contribution in [3.8, 4) is 5.75 Å². The van der Waals surface area contributed by atoms with Gasteiger partial charge in [0.15, 0.2) is 0 Å². The minimum absolute atomic E-state index is 0.105. The van der Waals surface area contributed by atoms with Gasteiger partial charge in [0, 0.05) is 53.9 Å². The molecule has 8 heteroatoms. The molecule has 7 nitrogen and oxygen atoms in total. The van der Waals surface area contributed by atoms with Crippen molar-refractivity contribution in [2.24, 2.45) is 11.0 Å². The Morgan fingerprint density at radius 3 is 2.83 bits per heavy atom. The molecule has 0 radical (unpaired) electrons. The zero-order valence-corrected chi connectivity index (χ0v) is 21.8. The van der Waals surface area contributed by atoms with Gasteiger partial charge in [-0.2, -0.15) is 5.10 Å². The number of likely N-dealkylation sites (tertiary alicyclic amines) is 1. The number of hydrogen-bond donors (Lipinski definition) is 1. The van der Waals surface area contributed by atoms with Crippen LogP contribution in [-0.4, -0.2) is 41.3 Å². The zero-order valence-electron chi connectivity index (χ0n) is 20.2. The van der Waals surface area contributed by atoms with E-state index < -0.39 is 0 Å². The molecule has 2 bridgehead atoms. The molecule has 0 unspecified atom stereocenters. The number of rotatable bonds is 7. The van der Waals surface area contributed by atoms with Gasteiger partial charge in [-0.3, -0.25) is 14.5 Å². The molecular weight excluding hydrogens is 520 g/mol. The first-order chi connectivity index (χ1) is 17.5. The van der Waals surface area contributed by atoms with E-state index in [-0.39, 0.29) is 11.5 Å². The molecule has 2 aromatic carbocycles. The van der Waals surface area contributed by atoms with E-state index in [9.17, 15) is 9.59 Å². The minimum atomic E-state index is -0.274. The summed E-state index contributed by atoms with van der Waals surface area (Å²) in [6.45, 7) is 5.96. The Labute approximate surface area is 218 Å². The first kappa shape index (κ1) is 24.5. The van der Waals surface area contributed by atoms with E-state index in [1.807, 2.05) is 47.9 Å². The number of amides is 1. The summed E-state index contributed by atoms with van der Waals surface area (Å²) in [4.78, 5) is 27.2. The Bertz CT molecular complexity index is 1350. The van der Waals surface area contributed by atoms with Crippen molar-refractivity contribution in [2.75, 3.05) is 19.7 Å². The topological polar surface area (TPSA) is 75.9 Å². The number of carbonyl (C=O) groups excluding carboxylic acids is 1. The van der Waals surface area contributed by atoms with Crippen LogP contribution >= 0.6 is 15.9 Å². The Morgan fingerprint density at radius 1 is 1.14 bits per heavy atom. The van der Waals surface area contributed by atoms with E-state index in [1.54, 1.807) is 18.3 Å². The van der Waals surface area contributed by atoms with Gasteiger partial charge in [0.1, 0.15) is 5.75 Å². The lowest BCUT2D eigenvalue weighted by molar-refractivity contribution is 0.0954. The van der Waals surface area contributed by atoms with E-state index in [2.05, 4.69) is 43.5 Å². The highest BCUT2D eigenvalue weighted by molar-refractivity contribution is 9.10. The highest BCUT2D eigenvalue weighted by Gasteiger charge is 2.34. The molecule has 0 saturated carbocycles. The van der Waals surface area contributed by atoms with Crippen molar-refractivity contribution in [1.82, 2.24) is 14.9 Å². The molecule has 3 aromatic rings. The average Bonchev–Trinajstić information content (AvgIpc) is 2.86. The number of hydrogen-bond acceptors (Lipinski definition) is 5. The van der Waals surface area contributed by atoms with Gasteiger partial charge in [0.2, 0.25) is 0 Å². The Kier molecular flexibility index (Phi) is 7.34. The second-order valence-corrected chi connectivity index (χ2v) is 10.2. The molecular formula is C28H29BrN4O3. The van der Waals surface area contributed by atoms with Crippen molar-refractivity contribution in [1.29, 1.82) is 0 Å². The number of nitrogens with zero attached hydrogens (tertiary/aromatic N) is 3. The molecule has 0 aliphatic carbocycles. The second-order valence-electron chi connectivity index (χ2n) is 9.37. The maximum absolute atomic E-state index is 12.4. The normalized spacial score (nSPS) is 19.2. The molecule has 5 rings (SSSR count). The summed E-state index contributed by atoms with van der Waals surface area (Å²) in [5, 5.41) is 4.17. The molecule has 0 spiro atoms. The first-order valence-corrected chi connectivity index (χ1v) is 13.1. The van der Waals surface area contributed by atoms with Crippen LogP contribution in [0.1, 0.15) is 46.4 Å². The maximum Gasteiger partial charge on any atom is 0.272 e. The predicted octanol–water partition coefficient (Wildman–Crippen LogP) is 4.39. The number of benzene rings is 2. The summed E-state index contributed by atoms with van der Waals surface area (Å²) in [5.74, 6) is 1.41. The molecule has 2 atom stereocenters. The van der Waals surface area contributed by atoms with Crippen LogP contribution in [0.5, 0.6) is 5.75 Å². The van der Waals surface area contributed by atoms with Crippen LogP contribution in [0.25, 0.3) is 0 Å². The lowest BCUT2D eigenvalue weighted by Crippen LogP contribution is -2.46. The zero-order chi connectivity index (χ0) is 25.1. The van der Waals surface area contributed by atoms with Gasteiger partial charge in [-0.15, -0.1) is 0 Å². The third-order valence-electron chi connectivity index (χ3n) is 6.83. The van der Waals surface area contributed by atoms with Crippen LogP contribution in [0.4, 0.5) is 0 Å². The van der Waals surface area contributed by atoms with Crippen LogP contribution in [0, 0.1) is 5.92 Å². The Balaban J connectivity index is 1.31. The third-order valence-corrected chi connectivity index (χ3v) is 7.52. The van der Waals surface area contributed by atoms with Gasteiger partial charge in [0.05, 0.1) is 18.4 Å². The van der Waals surface area contributed by atoms with Gasteiger partial charge in [-0.1, -0.05) is 18.2 Å².